The van der Waals surface area contributed by atoms with Crippen LogP contribution in [-0.2, 0) is 35.2 Å². The van der Waals surface area contributed by atoms with Crippen molar-refractivity contribution >= 4 is 46.5 Å². The molecular formula is C23H29N5O9. The molecule has 1 aromatic heterocycles. The predicted molar refractivity (Wildman–Crippen MR) is 128 cm³/mol. The maximum absolute atomic E-state index is 13.1. The predicted octanol–water partition coefficient (Wildman–Crippen LogP) is -1.06. The average Bonchev–Trinajstić information content (AvgIpc) is 3.22. The number of hydrogen-bond acceptors (Lipinski definition) is 7. The van der Waals surface area contributed by atoms with Crippen LogP contribution >= 0.6 is 0 Å². The molecule has 9 N–H and O–H groups in total. The molecule has 0 saturated carbocycles. The third-order valence-corrected chi connectivity index (χ3v) is 5.42. The smallest absolute Gasteiger partial charge is 0.326 e. The highest BCUT2D eigenvalue weighted by Gasteiger charge is 2.31. The van der Waals surface area contributed by atoms with Crippen LogP contribution in [0.5, 0.6) is 0 Å². The fourth-order valence-corrected chi connectivity index (χ4v) is 3.49. The van der Waals surface area contributed by atoms with Crippen molar-refractivity contribution in [2.75, 3.05) is 0 Å². The minimum Gasteiger partial charge on any atom is -0.481 e. The summed E-state index contributed by atoms with van der Waals surface area (Å²) >= 11 is 0. The SMILES string of the molecule is CC(N)C(=O)NC(CC(=O)O)C(=O)NC(Cc1c[nH]c2ccccc12)C(=O)NC(CCC(=O)O)C(=O)O. The van der Waals surface area contributed by atoms with Gasteiger partial charge in [-0.3, -0.25) is 24.0 Å². The van der Waals surface area contributed by atoms with Gasteiger partial charge >= 0.3 is 17.9 Å². The number of nitrogens with one attached hydrogen (secondary N) is 4. The van der Waals surface area contributed by atoms with E-state index in [0.29, 0.717) is 5.56 Å². The molecule has 4 atom stereocenters. The van der Waals surface area contributed by atoms with Gasteiger partial charge in [0.1, 0.15) is 18.1 Å². The van der Waals surface area contributed by atoms with Crippen LogP contribution in [0, 0.1) is 0 Å². The Morgan fingerprint density at radius 3 is 2.05 bits per heavy atom. The molecule has 0 spiro atoms. The van der Waals surface area contributed by atoms with Gasteiger partial charge < -0.3 is 42.0 Å². The Hall–Kier alpha value is -4.46. The number of hydrogen-bond donors (Lipinski definition) is 8. The molecule has 37 heavy (non-hydrogen) atoms. The summed E-state index contributed by atoms with van der Waals surface area (Å²) in [5, 5.41) is 35.0. The van der Waals surface area contributed by atoms with Crippen LogP contribution in [0.25, 0.3) is 10.9 Å². The fourth-order valence-electron chi connectivity index (χ4n) is 3.49. The number of aliphatic carboxylic acids is 3. The van der Waals surface area contributed by atoms with E-state index >= 15 is 0 Å². The zero-order valence-electron chi connectivity index (χ0n) is 19.9. The number of rotatable bonds is 14. The Morgan fingerprint density at radius 2 is 1.46 bits per heavy atom. The number of benzene rings is 1. The Kier molecular flexibility index (Phi) is 10.1. The van der Waals surface area contributed by atoms with Crippen molar-refractivity contribution in [2.24, 2.45) is 5.73 Å². The standard InChI is InChI=1S/C23H29N5O9/c1-11(24)20(33)27-17(9-19(31)32)22(35)28-16(8-12-10-25-14-5-3-2-4-13(12)14)21(34)26-15(23(36)37)6-7-18(29)30/h2-5,10-11,15-17,25H,6-9,24H2,1H3,(H,26,34)(H,27,33)(H,28,35)(H,29,30)(H,31,32)(H,36,37). The van der Waals surface area contributed by atoms with Crippen LogP contribution in [0.4, 0.5) is 0 Å². The van der Waals surface area contributed by atoms with E-state index in [9.17, 15) is 39.0 Å². The molecule has 14 nitrogen and oxygen atoms in total. The molecule has 2 aromatic rings. The molecule has 4 unspecified atom stereocenters. The van der Waals surface area contributed by atoms with E-state index in [2.05, 4.69) is 20.9 Å². The second-order valence-electron chi connectivity index (χ2n) is 8.40. The number of aromatic amines is 1. The van der Waals surface area contributed by atoms with Gasteiger partial charge in [-0.1, -0.05) is 18.2 Å². The number of fused-ring (bicyclic) bond motifs is 1. The summed E-state index contributed by atoms with van der Waals surface area (Å²) in [4.78, 5) is 74.8. The number of nitrogens with two attached hydrogens (primary N) is 1. The largest absolute Gasteiger partial charge is 0.481 e. The first-order chi connectivity index (χ1) is 17.4. The molecule has 3 amide bonds. The maximum Gasteiger partial charge on any atom is 0.326 e. The summed E-state index contributed by atoms with van der Waals surface area (Å²) in [6, 6.07) is 1.52. The highest BCUT2D eigenvalue weighted by molar-refractivity contribution is 5.96. The summed E-state index contributed by atoms with van der Waals surface area (Å²) in [7, 11) is 0. The van der Waals surface area contributed by atoms with Crippen LogP contribution < -0.4 is 21.7 Å². The molecule has 0 radical (unpaired) electrons. The summed E-state index contributed by atoms with van der Waals surface area (Å²) in [5.74, 6) is -6.87. The fraction of sp³-hybridized carbons (Fsp3) is 0.391. The number of carboxylic acid groups (broad SMARTS) is 3. The van der Waals surface area contributed by atoms with Crippen molar-refractivity contribution < 1.29 is 44.1 Å². The molecular weight excluding hydrogens is 490 g/mol. The quantitative estimate of drug-likeness (QED) is 0.150. The van der Waals surface area contributed by atoms with Gasteiger partial charge in [0.05, 0.1) is 12.5 Å². The van der Waals surface area contributed by atoms with E-state index in [0.717, 1.165) is 10.9 Å². The van der Waals surface area contributed by atoms with Crippen molar-refractivity contribution in [1.29, 1.82) is 0 Å². The van der Waals surface area contributed by atoms with Crippen molar-refractivity contribution in [1.82, 2.24) is 20.9 Å². The van der Waals surface area contributed by atoms with E-state index in [1.54, 1.807) is 30.5 Å². The average molecular weight is 520 g/mol. The molecule has 2 rings (SSSR count). The van der Waals surface area contributed by atoms with Crippen molar-refractivity contribution in [3.8, 4) is 0 Å². The van der Waals surface area contributed by atoms with Crippen LogP contribution in [0.3, 0.4) is 0 Å². The highest BCUT2D eigenvalue weighted by Crippen LogP contribution is 2.19. The third-order valence-electron chi connectivity index (χ3n) is 5.42. The molecule has 200 valence electrons. The van der Waals surface area contributed by atoms with Gasteiger partial charge in [0.2, 0.25) is 17.7 Å². The van der Waals surface area contributed by atoms with Crippen molar-refractivity contribution in [3.63, 3.8) is 0 Å². The molecule has 0 aliphatic heterocycles. The van der Waals surface area contributed by atoms with E-state index in [4.69, 9.17) is 10.8 Å². The molecule has 0 aliphatic carbocycles. The molecule has 0 saturated heterocycles. The number of para-hydroxylation sites is 1. The lowest BCUT2D eigenvalue weighted by Crippen LogP contribution is -2.57. The first kappa shape index (κ1) is 28.8. The number of amides is 3. The summed E-state index contributed by atoms with van der Waals surface area (Å²) < 4.78 is 0. The highest BCUT2D eigenvalue weighted by atomic mass is 16.4. The minimum absolute atomic E-state index is 0.131. The summed E-state index contributed by atoms with van der Waals surface area (Å²) in [6.07, 6.45) is -0.268. The molecule has 0 aliphatic rings. The van der Waals surface area contributed by atoms with Gasteiger partial charge in [-0.25, -0.2) is 4.79 Å². The maximum atomic E-state index is 13.1. The van der Waals surface area contributed by atoms with Gasteiger partial charge in [-0.2, -0.15) is 0 Å². The van der Waals surface area contributed by atoms with Gasteiger partial charge in [0.15, 0.2) is 0 Å². The van der Waals surface area contributed by atoms with Gasteiger partial charge in [-0.15, -0.1) is 0 Å². The lowest BCUT2D eigenvalue weighted by atomic mass is 10.0. The van der Waals surface area contributed by atoms with E-state index in [-0.39, 0.29) is 6.42 Å². The van der Waals surface area contributed by atoms with Crippen molar-refractivity contribution in [3.05, 3.63) is 36.0 Å². The zero-order chi connectivity index (χ0) is 27.7. The number of aromatic nitrogens is 1. The lowest BCUT2D eigenvalue weighted by Gasteiger charge is -2.24. The minimum atomic E-state index is -1.57. The molecule has 0 bridgehead atoms. The van der Waals surface area contributed by atoms with Gasteiger partial charge in [0, 0.05) is 29.9 Å². The Balaban J connectivity index is 2.33. The van der Waals surface area contributed by atoms with Crippen LogP contribution in [0.15, 0.2) is 30.5 Å². The lowest BCUT2D eigenvalue weighted by molar-refractivity contribution is -0.144. The number of carboxylic acids is 3. The Bertz CT molecular complexity index is 1180. The van der Waals surface area contributed by atoms with Crippen LogP contribution in [0.1, 0.15) is 31.7 Å². The second-order valence-corrected chi connectivity index (χ2v) is 8.40. The molecule has 0 fully saturated rings. The molecule has 1 heterocycles. The number of carbonyl (C=O) groups excluding carboxylic acids is 3. The Labute approximate surface area is 210 Å². The summed E-state index contributed by atoms with van der Waals surface area (Å²) in [6.45, 7) is 1.33. The Morgan fingerprint density at radius 1 is 0.865 bits per heavy atom. The van der Waals surface area contributed by atoms with Crippen LogP contribution in [0.2, 0.25) is 0 Å². The second kappa shape index (κ2) is 13.0. The monoisotopic (exact) mass is 519 g/mol. The number of carbonyl (C=O) groups is 6. The van der Waals surface area contributed by atoms with Gasteiger partial charge in [0.25, 0.3) is 0 Å². The molecule has 14 heteroatoms. The van der Waals surface area contributed by atoms with Crippen LogP contribution in [-0.4, -0.2) is 80.1 Å². The zero-order valence-corrected chi connectivity index (χ0v) is 19.9. The van der Waals surface area contributed by atoms with E-state index in [1.165, 1.54) is 6.92 Å². The topological polar surface area (TPSA) is 241 Å². The first-order valence-electron chi connectivity index (χ1n) is 11.3. The summed E-state index contributed by atoms with van der Waals surface area (Å²) in [5.41, 5.74) is 6.81. The third kappa shape index (κ3) is 8.61. The van der Waals surface area contributed by atoms with Gasteiger partial charge in [-0.05, 0) is 25.0 Å². The normalized spacial score (nSPS) is 14.1. The first-order valence-corrected chi connectivity index (χ1v) is 11.3. The van der Waals surface area contributed by atoms with E-state index < -0.39 is 79.1 Å². The van der Waals surface area contributed by atoms with E-state index in [1.807, 2.05) is 0 Å². The van der Waals surface area contributed by atoms with Crippen molar-refractivity contribution in [2.45, 2.75) is 56.8 Å². The molecule has 1 aromatic carbocycles. The number of H-pyrrole nitrogens is 1.